The van der Waals surface area contributed by atoms with Crippen LogP contribution >= 0.6 is 0 Å². The van der Waals surface area contributed by atoms with Crippen molar-refractivity contribution in [1.29, 1.82) is 0 Å². The number of pyridine rings is 1. The molecule has 90 valence electrons. The van der Waals surface area contributed by atoms with Gasteiger partial charge in [0.05, 0.1) is 6.54 Å². The zero-order valence-electron chi connectivity index (χ0n) is 9.33. The normalized spacial score (nSPS) is 9.29. The second-order valence-electron chi connectivity index (χ2n) is 3.04. The van der Waals surface area contributed by atoms with Crippen molar-refractivity contribution in [2.24, 2.45) is 11.5 Å². The van der Waals surface area contributed by atoms with Gasteiger partial charge in [0.1, 0.15) is 5.69 Å². The Bertz CT molecular complexity index is 465. The molecule has 0 aromatic carbocycles. The second kappa shape index (κ2) is 6.33. The highest BCUT2D eigenvalue weighted by Gasteiger charge is 2.06. The van der Waals surface area contributed by atoms with Crippen molar-refractivity contribution in [2.75, 3.05) is 0 Å². The van der Waals surface area contributed by atoms with Gasteiger partial charge >= 0.3 is 0 Å². The van der Waals surface area contributed by atoms with E-state index in [1.165, 1.54) is 6.92 Å². The first-order valence-corrected chi connectivity index (χ1v) is 4.83. The maximum absolute atomic E-state index is 9.22. The molecule has 0 aliphatic heterocycles. The van der Waals surface area contributed by atoms with Crippen molar-refractivity contribution in [1.82, 2.24) is 15.1 Å². The van der Waals surface area contributed by atoms with Crippen LogP contribution in [0.3, 0.4) is 0 Å². The molecule has 2 aromatic heterocycles. The van der Waals surface area contributed by atoms with Gasteiger partial charge in [0.2, 0.25) is 17.6 Å². The predicted octanol–water partition coefficient (Wildman–Crippen LogP) is 0.0819. The lowest BCUT2D eigenvalue weighted by Crippen LogP contribution is -2.01. The van der Waals surface area contributed by atoms with Crippen molar-refractivity contribution in [3.05, 3.63) is 30.3 Å². The number of hydrogen-bond donors (Lipinski definition) is 2. The molecule has 0 atom stereocenters. The molecule has 0 aliphatic carbocycles. The number of aromatic nitrogens is 3. The maximum atomic E-state index is 9.22. The molecule has 7 nitrogen and oxygen atoms in total. The molecule has 17 heavy (non-hydrogen) atoms. The van der Waals surface area contributed by atoms with Gasteiger partial charge in [0.25, 0.3) is 0 Å². The number of rotatable bonds is 2. The fourth-order valence-corrected chi connectivity index (χ4v) is 0.937. The summed E-state index contributed by atoms with van der Waals surface area (Å²) in [6, 6.07) is 5.50. The number of hydrogen-bond acceptors (Lipinski definition) is 6. The number of carbonyl (C=O) groups excluding carboxylic acids is 1. The van der Waals surface area contributed by atoms with E-state index in [2.05, 4.69) is 20.9 Å². The molecule has 0 saturated carbocycles. The summed E-state index contributed by atoms with van der Waals surface area (Å²) < 4.78 is 4.84. The van der Waals surface area contributed by atoms with E-state index in [4.69, 9.17) is 10.3 Å². The van der Waals surface area contributed by atoms with Crippen LogP contribution in [0.1, 0.15) is 12.8 Å². The lowest BCUT2D eigenvalue weighted by atomic mass is 10.3. The Balaban J connectivity index is 0.000000317. The standard InChI is InChI=1S/C8H8N4O.C2H5NO/c9-5-7-11-8(12-13-7)6-3-1-2-4-10-6;1-2(3)4/h1-4H,5,9H2;1H3,(H2,3,4). The minimum Gasteiger partial charge on any atom is -0.370 e. The fraction of sp³-hybridized carbons (Fsp3) is 0.200. The van der Waals surface area contributed by atoms with Crippen LogP contribution in [0.25, 0.3) is 11.5 Å². The van der Waals surface area contributed by atoms with E-state index in [0.29, 0.717) is 17.4 Å². The van der Waals surface area contributed by atoms with E-state index in [1.807, 2.05) is 18.2 Å². The van der Waals surface area contributed by atoms with Gasteiger partial charge in [-0.1, -0.05) is 11.2 Å². The van der Waals surface area contributed by atoms with Gasteiger partial charge < -0.3 is 16.0 Å². The molecule has 0 saturated heterocycles. The lowest BCUT2D eigenvalue weighted by molar-refractivity contribution is -0.115. The molecule has 0 bridgehead atoms. The van der Waals surface area contributed by atoms with Crippen molar-refractivity contribution < 1.29 is 9.32 Å². The Hall–Kier alpha value is -2.28. The summed E-state index contributed by atoms with van der Waals surface area (Å²) in [6.07, 6.45) is 1.67. The molecule has 2 aromatic rings. The number of carbonyl (C=O) groups is 1. The number of amides is 1. The number of primary amides is 1. The van der Waals surface area contributed by atoms with Gasteiger partial charge in [-0.05, 0) is 12.1 Å². The molecule has 2 heterocycles. The van der Waals surface area contributed by atoms with Crippen LogP contribution in [-0.4, -0.2) is 21.0 Å². The van der Waals surface area contributed by atoms with Crippen molar-refractivity contribution in [3.8, 4) is 11.5 Å². The van der Waals surface area contributed by atoms with Crippen LogP contribution < -0.4 is 11.5 Å². The quantitative estimate of drug-likeness (QED) is 0.760. The molecule has 2 rings (SSSR count). The van der Waals surface area contributed by atoms with Crippen LogP contribution in [0.5, 0.6) is 0 Å². The van der Waals surface area contributed by atoms with E-state index < -0.39 is 0 Å². The molecule has 4 N–H and O–H groups in total. The van der Waals surface area contributed by atoms with Crippen LogP contribution in [0.2, 0.25) is 0 Å². The topological polar surface area (TPSA) is 121 Å². The first-order chi connectivity index (χ1) is 8.13. The number of nitrogens with zero attached hydrogens (tertiary/aromatic N) is 3. The third-order valence-corrected chi connectivity index (χ3v) is 1.54. The summed E-state index contributed by atoms with van der Waals surface area (Å²) >= 11 is 0. The highest BCUT2D eigenvalue weighted by Crippen LogP contribution is 2.10. The van der Waals surface area contributed by atoms with E-state index >= 15 is 0 Å². The Morgan fingerprint density at radius 2 is 2.18 bits per heavy atom. The third kappa shape index (κ3) is 4.39. The summed E-state index contributed by atoms with van der Waals surface area (Å²) in [5.41, 5.74) is 10.5. The van der Waals surface area contributed by atoms with Crippen molar-refractivity contribution in [3.63, 3.8) is 0 Å². The highest BCUT2D eigenvalue weighted by atomic mass is 16.5. The number of nitrogens with two attached hydrogens (primary N) is 2. The molecule has 0 aliphatic rings. The Morgan fingerprint density at radius 3 is 2.65 bits per heavy atom. The van der Waals surface area contributed by atoms with Crippen LogP contribution in [0.15, 0.2) is 28.9 Å². The zero-order valence-corrected chi connectivity index (χ0v) is 9.33. The van der Waals surface area contributed by atoms with E-state index in [1.54, 1.807) is 6.20 Å². The zero-order chi connectivity index (χ0) is 12.7. The molecule has 0 fully saturated rings. The van der Waals surface area contributed by atoms with E-state index in [0.717, 1.165) is 0 Å². The largest absolute Gasteiger partial charge is 0.370 e. The molecule has 1 amide bonds. The lowest BCUT2D eigenvalue weighted by Gasteiger charge is -1.88. The SMILES string of the molecule is CC(N)=O.NCc1nc(-c2ccccn2)no1. The Morgan fingerprint density at radius 1 is 1.47 bits per heavy atom. The molecule has 0 unspecified atom stereocenters. The Labute approximate surface area is 97.8 Å². The summed E-state index contributed by atoms with van der Waals surface area (Å²) in [6.45, 7) is 1.56. The summed E-state index contributed by atoms with van der Waals surface area (Å²) in [5.74, 6) is 0.557. The molecule has 7 heteroatoms. The second-order valence-corrected chi connectivity index (χ2v) is 3.04. The average molecular weight is 235 g/mol. The van der Waals surface area contributed by atoms with E-state index in [-0.39, 0.29) is 12.5 Å². The maximum Gasteiger partial charge on any atom is 0.240 e. The first kappa shape index (κ1) is 12.8. The summed E-state index contributed by atoms with van der Waals surface area (Å²) in [5, 5.41) is 3.73. The monoisotopic (exact) mass is 235 g/mol. The molecular weight excluding hydrogens is 222 g/mol. The van der Waals surface area contributed by atoms with Gasteiger partial charge in [-0.2, -0.15) is 4.98 Å². The molecule has 0 spiro atoms. The Kier molecular flexibility index (Phi) is 4.77. The molecular formula is C10H13N5O2. The minimum absolute atomic E-state index is 0.250. The highest BCUT2D eigenvalue weighted by molar-refractivity contribution is 5.70. The van der Waals surface area contributed by atoms with Gasteiger partial charge in [-0.3, -0.25) is 9.78 Å². The van der Waals surface area contributed by atoms with Gasteiger partial charge in [0.15, 0.2) is 0 Å². The van der Waals surface area contributed by atoms with Gasteiger partial charge in [0, 0.05) is 13.1 Å². The van der Waals surface area contributed by atoms with Crippen molar-refractivity contribution in [2.45, 2.75) is 13.5 Å². The van der Waals surface area contributed by atoms with Crippen LogP contribution in [-0.2, 0) is 11.3 Å². The first-order valence-electron chi connectivity index (χ1n) is 4.83. The predicted molar refractivity (Wildman–Crippen MR) is 60.3 cm³/mol. The van der Waals surface area contributed by atoms with Gasteiger partial charge in [-0.15, -0.1) is 0 Å². The molecule has 0 radical (unpaired) electrons. The van der Waals surface area contributed by atoms with Gasteiger partial charge in [-0.25, -0.2) is 0 Å². The smallest absolute Gasteiger partial charge is 0.240 e. The fourth-order valence-electron chi connectivity index (χ4n) is 0.937. The minimum atomic E-state index is -0.333. The van der Waals surface area contributed by atoms with Crippen LogP contribution in [0.4, 0.5) is 0 Å². The summed E-state index contributed by atoms with van der Waals surface area (Å²) in [7, 11) is 0. The summed E-state index contributed by atoms with van der Waals surface area (Å²) in [4.78, 5) is 17.3. The van der Waals surface area contributed by atoms with E-state index in [9.17, 15) is 4.79 Å². The third-order valence-electron chi connectivity index (χ3n) is 1.54. The van der Waals surface area contributed by atoms with Crippen molar-refractivity contribution >= 4 is 5.91 Å². The average Bonchev–Trinajstić information content (AvgIpc) is 2.78. The van der Waals surface area contributed by atoms with Crippen LogP contribution in [0, 0.1) is 0 Å².